The van der Waals surface area contributed by atoms with Crippen molar-refractivity contribution in [1.82, 2.24) is 4.72 Å². The van der Waals surface area contributed by atoms with Crippen LogP contribution in [0.4, 0.5) is 5.69 Å². The second-order valence-corrected chi connectivity index (χ2v) is 5.57. The van der Waals surface area contributed by atoms with Crippen LogP contribution in [0.25, 0.3) is 0 Å². The molecule has 0 saturated heterocycles. The van der Waals surface area contributed by atoms with Crippen molar-refractivity contribution in [2.24, 2.45) is 0 Å². The van der Waals surface area contributed by atoms with Gasteiger partial charge in [0.2, 0.25) is 0 Å². The molecule has 1 aromatic rings. The fraction of sp³-hybridized carbons (Fsp3) is 0.333. The number of nitrogens with one attached hydrogen (secondary N) is 2. The van der Waals surface area contributed by atoms with Gasteiger partial charge in [-0.3, -0.25) is 4.72 Å². The van der Waals surface area contributed by atoms with Crippen molar-refractivity contribution >= 4 is 31.8 Å². The highest BCUT2D eigenvalue weighted by Crippen LogP contribution is 2.27. The molecule has 0 aliphatic carbocycles. The van der Waals surface area contributed by atoms with E-state index in [1.54, 1.807) is 6.07 Å². The highest BCUT2D eigenvalue weighted by Gasteiger charge is 2.11. The van der Waals surface area contributed by atoms with Crippen LogP contribution in [0.2, 0.25) is 0 Å². The Kier molecular flexibility index (Phi) is 5.19. The maximum absolute atomic E-state index is 11.5. The Hall–Kier alpha value is -0.830. The number of aromatic hydroxyl groups is 1. The van der Waals surface area contributed by atoms with E-state index in [-0.39, 0.29) is 24.6 Å². The molecule has 0 radical (unpaired) electrons. The van der Waals surface area contributed by atoms with Crippen LogP contribution < -0.4 is 9.44 Å². The molecule has 1 aromatic carbocycles. The van der Waals surface area contributed by atoms with Crippen LogP contribution in [0.1, 0.15) is 0 Å². The Morgan fingerprint density at radius 1 is 1.47 bits per heavy atom. The Morgan fingerprint density at radius 3 is 2.82 bits per heavy atom. The van der Waals surface area contributed by atoms with Gasteiger partial charge in [-0.25, -0.2) is 0 Å². The van der Waals surface area contributed by atoms with Crippen molar-refractivity contribution in [2.45, 2.75) is 0 Å². The lowest BCUT2D eigenvalue weighted by Gasteiger charge is -2.10. The maximum atomic E-state index is 11.5. The topological polar surface area (TPSA) is 87.7 Å². The molecule has 3 N–H and O–H groups in total. The zero-order valence-electron chi connectivity index (χ0n) is 9.10. The first-order chi connectivity index (χ1) is 7.94. The predicted molar refractivity (Wildman–Crippen MR) is 68.2 cm³/mol. The van der Waals surface area contributed by atoms with E-state index in [1.807, 2.05) is 0 Å². The van der Waals surface area contributed by atoms with Gasteiger partial charge in [-0.2, -0.15) is 13.1 Å². The first-order valence-electron chi connectivity index (χ1n) is 4.69. The standard InChI is InChI=1S/C9H13BrN2O4S/c1-16-5-4-11-17(14,15)12-8-6-7(10)2-3-9(8)13/h2-3,6,11-13H,4-5H2,1H3. The van der Waals surface area contributed by atoms with E-state index in [2.05, 4.69) is 25.4 Å². The van der Waals surface area contributed by atoms with Gasteiger partial charge in [-0.1, -0.05) is 15.9 Å². The number of halogens is 1. The number of anilines is 1. The predicted octanol–water partition coefficient (Wildman–Crippen LogP) is 1.05. The zero-order valence-corrected chi connectivity index (χ0v) is 11.5. The summed E-state index contributed by atoms with van der Waals surface area (Å²) in [5.74, 6) is -0.148. The van der Waals surface area contributed by atoms with E-state index in [0.717, 1.165) is 0 Å². The third-order valence-corrected chi connectivity index (χ3v) is 3.37. The number of benzene rings is 1. The number of hydrogen-bond donors (Lipinski definition) is 3. The minimum atomic E-state index is -3.71. The molecule has 0 bridgehead atoms. The van der Waals surface area contributed by atoms with Gasteiger partial charge in [-0.15, -0.1) is 0 Å². The summed E-state index contributed by atoms with van der Waals surface area (Å²) in [6, 6.07) is 4.45. The van der Waals surface area contributed by atoms with Crippen LogP contribution in [0, 0.1) is 0 Å². The van der Waals surface area contributed by atoms with Crippen molar-refractivity contribution in [3.05, 3.63) is 22.7 Å². The van der Waals surface area contributed by atoms with E-state index in [9.17, 15) is 13.5 Å². The van der Waals surface area contributed by atoms with Crippen LogP contribution >= 0.6 is 15.9 Å². The molecule has 0 aliphatic rings. The first kappa shape index (κ1) is 14.2. The first-order valence-corrected chi connectivity index (χ1v) is 6.97. The third kappa shape index (κ3) is 4.90. The number of ether oxygens (including phenoxy) is 1. The second-order valence-electron chi connectivity index (χ2n) is 3.15. The quantitative estimate of drug-likeness (QED) is 0.539. The van der Waals surface area contributed by atoms with Gasteiger partial charge in [0, 0.05) is 18.1 Å². The monoisotopic (exact) mass is 324 g/mol. The number of rotatable bonds is 6. The van der Waals surface area contributed by atoms with Crippen molar-refractivity contribution < 1.29 is 18.3 Å². The Labute approximate surface area is 108 Å². The summed E-state index contributed by atoms with van der Waals surface area (Å²) in [7, 11) is -2.23. The molecule has 0 aromatic heterocycles. The molecule has 0 heterocycles. The lowest BCUT2D eigenvalue weighted by atomic mass is 10.3. The maximum Gasteiger partial charge on any atom is 0.299 e. The Morgan fingerprint density at radius 2 is 2.18 bits per heavy atom. The molecule has 0 atom stereocenters. The molecule has 0 unspecified atom stereocenters. The van der Waals surface area contributed by atoms with Gasteiger partial charge in [0.1, 0.15) is 5.75 Å². The zero-order chi connectivity index (χ0) is 12.9. The van der Waals surface area contributed by atoms with Crippen LogP contribution in [-0.2, 0) is 14.9 Å². The van der Waals surface area contributed by atoms with E-state index < -0.39 is 10.2 Å². The normalized spacial score (nSPS) is 11.4. The molecule has 96 valence electrons. The van der Waals surface area contributed by atoms with E-state index in [1.165, 1.54) is 19.2 Å². The number of phenolic OH excluding ortho intramolecular Hbond substituents is 1. The molecule has 0 aliphatic heterocycles. The lowest BCUT2D eigenvalue weighted by molar-refractivity contribution is 0.204. The highest BCUT2D eigenvalue weighted by atomic mass is 79.9. The number of phenols is 1. The van der Waals surface area contributed by atoms with Crippen molar-refractivity contribution in [3.8, 4) is 5.75 Å². The van der Waals surface area contributed by atoms with Crippen LogP contribution in [0.3, 0.4) is 0 Å². The van der Waals surface area contributed by atoms with Crippen LogP contribution in [0.5, 0.6) is 5.75 Å². The van der Waals surface area contributed by atoms with Gasteiger partial charge in [0.25, 0.3) is 10.2 Å². The molecule has 6 nitrogen and oxygen atoms in total. The third-order valence-electron chi connectivity index (χ3n) is 1.80. The summed E-state index contributed by atoms with van der Waals surface area (Å²) in [4.78, 5) is 0. The molecule has 0 saturated carbocycles. The summed E-state index contributed by atoms with van der Waals surface area (Å²) >= 11 is 3.18. The van der Waals surface area contributed by atoms with Gasteiger partial charge < -0.3 is 9.84 Å². The second kappa shape index (κ2) is 6.20. The summed E-state index contributed by atoms with van der Waals surface area (Å²) in [6.45, 7) is 0.423. The van der Waals surface area contributed by atoms with Crippen molar-refractivity contribution in [1.29, 1.82) is 0 Å². The largest absolute Gasteiger partial charge is 0.506 e. The van der Waals surface area contributed by atoms with Crippen LogP contribution in [0.15, 0.2) is 22.7 Å². The molecule has 0 amide bonds. The summed E-state index contributed by atoms with van der Waals surface area (Å²) < 4.78 is 32.9. The van der Waals surface area contributed by atoms with Gasteiger partial charge >= 0.3 is 0 Å². The highest BCUT2D eigenvalue weighted by molar-refractivity contribution is 9.10. The van der Waals surface area contributed by atoms with Crippen molar-refractivity contribution in [3.63, 3.8) is 0 Å². The molecule has 0 fully saturated rings. The molecule has 1 rings (SSSR count). The molecule has 8 heteroatoms. The Balaban J connectivity index is 2.72. The summed E-state index contributed by atoms with van der Waals surface area (Å²) in [6.07, 6.45) is 0. The van der Waals surface area contributed by atoms with Gasteiger partial charge in [0.05, 0.1) is 12.3 Å². The van der Waals surface area contributed by atoms with E-state index >= 15 is 0 Å². The smallest absolute Gasteiger partial charge is 0.299 e. The Bertz CT molecular complexity index is 478. The number of methoxy groups -OCH3 is 1. The minimum Gasteiger partial charge on any atom is -0.506 e. The van der Waals surface area contributed by atoms with Gasteiger partial charge in [0.15, 0.2) is 0 Å². The fourth-order valence-corrected chi connectivity index (χ4v) is 2.29. The number of hydrogen-bond acceptors (Lipinski definition) is 4. The molecular formula is C9H13BrN2O4S. The van der Waals surface area contributed by atoms with Crippen LogP contribution in [-0.4, -0.2) is 33.8 Å². The molecule has 0 spiro atoms. The SMILES string of the molecule is COCCNS(=O)(=O)Nc1cc(Br)ccc1O. The average Bonchev–Trinajstić information content (AvgIpc) is 2.23. The van der Waals surface area contributed by atoms with Crippen molar-refractivity contribution in [2.75, 3.05) is 25.0 Å². The minimum absolute atomic E-state index is 0.101. The van der Waals surface area contributed by atoms with E-state index in [0.29, 0.717) is 4.47 Å². The fourth-order valence-electron chi connectivity index (χ4n) is 1.05. The lowest BCUT2D eigenvalue weighted by Crippen LogP contribution is -2.32. The summed E-state index contributed by atoms with van der Waals surface area (Å²) in [5, 5.41) is 9.47. The summed E-state index contributed by atoms with van der Waals surface area (Å²) in [5.41, 5.74) is 0.101. The average molecular weight is 325 g/mol. The van der Waals surface area contributed by atoms with Gasteiger partial charge in [-0.05, 0) is 18.2 Å². The molecular weight excluding hydrogens is 312 g/mol. The van der Waals surface area contributed by atoms with E-state index in [4.69, 9.17) is 4.74 Å². The molecule has 17 heavy (non-hydrogen) atoms.